The van der Waals surface area contributed by atoms with E-state index in [0.29, 0.717) is 17.1 Å². The first-order valence-corrected chi connectivity index (χ1v) is 9.37. The van der Waals surface area contributed by atoms with E-state index in [0.717, 1.165) is 17.1 Å². The molecule has 2 heterocycles. The number of aromatic nitrogens is 1. The fraction of sp³-hybridized carbons (Fsp3) is 0.217. The fourth-order valence-corrected chi connectivity index (χ4v) is 3.46. The van der Waals surface area contributed by atoms with Crippen LogP contribution in [0.15, 0.2) is 60.7 Å². The first kappa shape index (κ1) is 18.8. The van der Waals surface area contributed by atoms with Gasteiger partial charge in [0.05, 0.1) is 0 Å². The molecule has 0 saturated carbocycles. The molecule has 0 bridgehead atoms. The highest BCUT2D eigenvalue weighted by molar-refractivity contribution is 5.99. The van der Waals surface area contributed by atoms with Gasteiger partial charge in [-0.05, 0) is 44.2 Å². The number of benzene rings is 2. The van der Waals surface area contributed by atoms with Crippen molar-refractivity contribution in [1.29, 1.82) is 0 Å². The Morgan fingerprint density at radius 1 is 1.03 bits per heavy atom. The van der Waals surface area contributed by atoms with E-state index in [1.165, 1.54) is 0 Å². The number of esters is 1. The number of hydrogen-bond donors (Lipinski definition) is 0. The summed E-state index contributed by atoms with van der Waals surface area (Å²) >= 11 is 0. The summed E-state index contributed by atoms with van der Waals surface area (Å²) in [6, 6.07) is 18.7. The van der Waals surface area contributed by atoms with Gasteiger partial charge in [0.2, 0.25) is 11.9 Å². The van der Waals surface area contributed by atoms with E-state index in [9.17, 15) is 9.59 Å². The van der Waals surface area contributed by atoms with Gasteiger partial charge in [-0.3, -0.25) is 4.79 Å². The number of para-hydroxylation sites is 3. The lowest BCUT2D eigenvalue weighted by Crippen LogP contribution is -2.38. The third-order valence-corrected chi connectivity index (χ3v) is 4.86. The standard InChI is InChI=1S/C23H21NO5/c1-15-12-18(16(2)24(15)17-8-4-3-5-9-17)19(25)13-28-23(26)22-14-27-20-10-6-7-11-21(20)29-22/h3-12,22H,13-14H2,1-2H3. The minimum absolute atomic E-state index is 0.0482. The van der Waals surface area contributed by atoms with E-state index in [2.05, 4.69) is 0 Å². The quantitative estimate of drug-likeness (QED) is 0.491. The Balaban J connectivity index is 1.42. The number of ketones is 1. The first-order valence-electron chi connectivity index (χ1n) is 9.37. The van der Waals surface area contributed by atoms with Crippen molar-refractivity contribution in [2.24, 2.45) is 0 Å². The van der Waals surface area contributed by atoms with Gasteiger partial charge in [-0.25, -0.2) is 4.79 Å². The molecule has 29 heavy (non-hydrogen) atoms. The first-order chi connectivity index (χ1) is 14.0. The number of fused-ring (bicyclic) bond motifs is 1. The highest BCUT2D eigenvalue weighted by Gasteiger charge is 2.29. The SMILES string of the molecule is Cc1cc(C(=O)COC(=O)C2COc3ccccc3O2)c(C)n1-c1ccccc1. The monoisotopic (exact) mass is 391 g/mol. The molecule has 0 amide bonds. The van der Waals surface area contributed by atoms with E-state index < -0.39 is 12.1 Å². The summed E-state index contributed by atoms with van der Waals surface area (Å²) in [5, 5.41) is 0. The summed E-state index contributed by atoms with van der Waals surface area (Å²) in [6.07, 6.45) is -0.894. The van der Waals surface area contributed by atoms with Crippen LogP contribution >= 0.6 is 0 Å². The minimum Gasteiger partial charge on any atom is -0.485 e. The Bertz CT molecular complexity index is 1050. The molecule has 6 nitrogen and oxygen atoms in total. The maximum Gasteiger partial charge on any atom is 0.351 e. The van der Waals surface area contributed by atoms with Gasteiger partial charge in [-0.15, -0.1) is 0 Å². The normalized spacial score (nSPS) is 15.0. The van der Waals surface area contributed by atoms with Crippen LogP contribution in [0.2, 0.25) is 0 Å². The second-order valence-electron chi connectivity index (χ2n) is 6.85. The molecule has 2 aromatic carbocycles. The lowest BCUT2D eigenvalue weighted by atomic mass is 10.1. The van der Waals surface area contributed by atoms with Crippen molar-refractivity contribution in [2.75, 3.05) is 13.2 Å². The highest BCUT2D eigenvalue weighted by Crippen LogP contribution is 2.31. The molecule has 1 atom stereocenters. The Kier molecular flexibility index (Phi) is 5.08. The molecule has 0 aliphatic carbocycles. The van der Waals surface area contributed by atoms with Crippen LogP contribution in [-0.2, 0) is 9.53 Å². The lowest BCUT2D eigenvalue weighted by Gasteiger charge is -2.24. The van der Waals surface area contributed by atoms with E-state index in [-0.39, 0.29) is 19.0 Å². The van der Waals surface area contributed by atoms with E-state index in [1.54, 1.807) is 18.2 Å². The van der Waals surface area contributed by atoms with Crippen molar-refractivity contribution in [3.05, 3.63) is 77.6 Å². The van der Waals surface area contributed by atoms with Crippen LogP contribution in [0.1, 0.15) is 21.7 Å². The van der Waals surface area contributed by atoms with Gasteiger partial charge in [0.1, 0.15) is 6.61 Å². The fourth-order valence-electron chi connectivity index (χ4n) is 3.46. The van der Waals surface area contributed by atoms with E-state index in [1.807, 2.05) is 60.9 Å². The number of carbonyl (C=O) groups is 2. The maximum absolute atomic E-state index is 12.7. The Labute approximate surface area is 168 Å². The third kappa shape index (κ3) is 3.74. The zero-order chi connectivity index (χ0) is 20.4. The average molecular weight is 391 g/mol. The number of carbonyl (C=O) groups excluding carboxylic acids is 2. The van der Waals surface area contributed by atoms with Crippen LogP contribution in [0.25, 0.3) is 5.69 Å². The molecule has 3 aromatic rings. The summed E-state index contributed by atoms with van der Waals surface area (Å²) in [6.45, 7) is 3.52. The van der Waals surface area contributed by atoms with Gasteiger partial charge in [-0.1, -0.05) is 30.3 Å². The summed E-state index contributed by atoms with van der Waals surface area (Å²) in [7, 11) is 0. The second-order valence-corrected chi connectivity index (χ2v) is 6.85. The molecule has 148 valence electrons. The lowest BCUT2D eigenvalue weighted by molar-refractivity contribution is -0.153. The Morgan fingerprint density at radius 2 is 1.72 bits per heavy atom. The Morgan fingerprint density at radius 3 is 2.48 bits per heavy atom. The van der Waals surface area contributed by atoms with Gasteiger partial charge in [0.25, 0.3) is 0 Å². The molecule has 6 heteroatoms. The molecule has 0 N–H and O–H groups in total. The average Bonchev–Trinajstić information content (AvgIpc) is 3.06. The summed E-state index contributed by atoms with van der Waals surface area (Å²) in [5.74, 6) is 0.190. The van der Waals surface area contributed by atoms with E-state index >= 15 is 0 Å². The number of aryl methyl sites for hydroxylation is 1. The Hall–Kier alpha value is -3.54. The topological polar surface area (TPSA) is 66.8 Å². The smallest absolute Gasteiger partial charge is 0.351 e. The van der Waals surface area contributed by atoms with Crippen LogP contribution in [0, 0.1) is 13.8 Å². The molecule has 0 fully saturated rings. The number of nitrogens with zero attached hydrogens (tertiary/aromatic N) is 1. The van der Waals surface area contributed by atoms with Gasteiger partial charge in [0, 0.05) is 22.6 Å². The summed E-state index contributed by atoms with van der Waals surface area (Å²) in [5.41, 5.74) is 3.25. The van der Waals surface area contributed by atoms with Gasteiger partial charge >= 0.3 is 5.97 Å². The molecular formula is C23H21NO5. The molecule has 1 aliphatic rings. The molecule has 0 radical (unpaired) electrons. The minimum atomic E-state index is -0.894. The predicted molar refractivity (Wildman–Crippen MR) is 107 cm³/mol. The van der Waals surface area contributed by atoms with Crippen LogP contribution in [-0.4, -0.2) is 35.6 Å². The van der Waals surface area contributed by atoms with Crippen LogP contribution in [0.5, 0.6) is 11.5 Å². The molecular weight excluding hydrogens is 370 g/mol. The molecule has 0 spiro atoms. The molecule has 1 unspecified atom stereocenters. The van der Waals surface area contributed by atoms with Crippen molar-refractivity contribution in [2.45, 2.75) is 20.0 Å². The maximum atomic E-state index is 12.7. The number of hydrogen-bond acceptors (Lipinski definition) is 5. The molecule has 4 rings (SSSR count). The van der Waals surface area contributed by atoms with Crippen LogP contribution in [0.4, 0.5) is 0 Å². The van der Waals surface area contributed by atoms with Gasteiger partial charge in [0.15, 0.2) is 18.1 Å². The predicted octanol–water partition coefficient (Wildman–Crippen LogP) is 3.66. The van der Waals surface area contributed by atoms with Crippen molar-refractivity contribution in [3.63, 3.8) is 0 Å². The van der Waals surface area contributed by atoms with E-state index in [4.69, 9.17) is 14.2 Å². The van der Waals surface area contributed by atoms with Crippen molar-refractivity contribution in [1.82, 2.24) is 4.57 Å². The number of ether oxygens (including phenoxy) is 3. The van der Waals surface area contributed by atoms with Crippen molar-refractivity contribution in [3.8, 4) is 17.2 Å². The summed E-state index contributed by atoms with van der Waals surface area (Å²) < 4.78 is 18.4. The van der Waals surface area contributed by atoms with Crippen molar-refractivity contribution >= 4 is 11.8 Å². The molecule has 1 aromatic heterocycles. The molecule has 1 aliphatic heterocycles. The van der Waals surface area contributed by atoms with Crippen molar-refractivity contribution < 1.29 is 23.8 Å². The highest BCUT2D eigenvalue weighted by atomic mass is 16.6. The zero-order valence-electron chi connectivity index (χ0n) is 16.3. The number of Topliss-reactive ketones (excluding diaryl/α,β-unsaturated/α-hetero) is 1. The zero-order valence-corrected chi connectivity index (χ0v) is 16.3. The van der Waals surface area contributed by atoms with Gasteiger partial charge < -0.3 is 18.8 Å². The van der Waals surface area contributed by atoms with Crippen LogP contribution < -0.4 is 9.47 Å². The van der Waals surface area contributed by atoms with Gasteiger partial charge in [-0.2, -0.15) is 0 Å². The van der Waals surface area contributed by atoms with Crippen LogP contribution in [0.3, 0.4) is 0 Å². The largest absolute Gasteiger partial charge is 0.485 e. The third-order valence-electron chi connectivity index (χ3n) is 4.86. The summed E-state index contributed by atoms with van der Waals surface area (Å²) in [4.78, 5) is 25.0. The second kappa shape index (κ2) is 7.83. The number of rotatable bonds is 5. The molecule has 0 saturated heterocycles.